The maximum absolute atomic E-state index is 11.8. The molecule has 0 saturated heterocycles. The molecule has 0 heterocycles. The highest BCUT2D eigenvalue weighted by Gasteiger charge is 2.21. The lowest BCUT2D eigenvalue weighted by Gasteiger charge is -2.29. The van der Waals surface area contributed by atoms with E-state index in [9.17, 15) is 14.7 Å². The zero-order valence-electron chi connectivity index (χ0n) is 16.1. The van der Waals surface area contributed by atoms with Gasteiger partial charge in [-0.2, -0.15) is 0 Å². The molecule has 0 bridgehead atoms. The van der Waals surface area contributed by atoms with Crippen molar-refractivity contribution in [1.82, 2.24) is 0 Å². The number of unbranched alkanes of at least 4 members (excludes halogenated alkanes) is 1. The zero-order valence-corrected chi connectivity index (χ0v) is 16.1. The molecule has 0 aliphatic heterocycles. The average Bonchev–Trinajstić information content (AvgIpc) is 2.46. The molecule has 5 heteroatoms. The number of carbonyl (C=O) groups is 2. The van der Waals surface area contributed by atoms with Gasteiger partial charge in [0.1, 0.15) is 6.54 Å². The van der Waals surface area contributed by atoms with Crippen molar-refractivity contribution in [3.63, 3.8) is 0 Å². The van der Waals surface area contributed by atoms with E-state index in [2.05, 4.69) is 25.2 Å². The van der Waals surface area contributed by atoms with Crippen molar-refractivity contribution in [2.45, 2.75) is 51.6 Å². The maximum atomic E-state index is 11.8. The van der Waals surface area contributed by atoms with Gasteiger partial charge in [-0.3, -0.25) is 4.79 Å². The van der Waals surface area contributed by atoms with Crippen LogP contribution in [-0.4, -0.2) is 50.2 Å². The molecule has 5 nitrogen and oxygen atoms in total. The van der Waals surface area contributed by atoms with E-state index in [0.29, 0.717) is 11.0 Å². The summed E-state index contributed by atoms with van der Waals surface area (Å²) < 4.78 is 5.78. The van der Waals surface area contributed by atoms with Gasteiger partial charge in [-0.1, -0.05) is 49.8 Å². The van der Waals surface area contributed by atoms with Crippen LogP contribution >= 0.6 is 0 Å². The summed E-state index contributed by atoms with van der Waals surface area (Å²) >= 11 is 0. The number of allylic oxidation sites excluding steroid dienone is 5. The first-order valence-electron chi connectivity index (χ1n) is 8.89. The van der Waals surface area contributed by atoms with Crippen molar-refractivity contribution < 1.29 is 23.9 Å². The Hall–Kier alpha value is -1.88. The number of hydrogen-bond donors (Lipinski definition) is 0. The molecule has 1 unspecified atom stereocenters. The predicted molar refractivity (Wildman–Crippen MR) is 98.6 cm³/mol. The first-order chi connectivity index (χ1) is 11.7. The van der Waals surface area contributed by atoms with Crippen molar-refractivity contribution in [3.05, 3.63) is 36.5 Å². The quantitative estimate of drug-likeness (QED) is 0.290. The number of esters is 1. The van der Waals surface area contributed by atoms with Crippen LogP contribution in [0.3, 0.4) is 0 Å². The number of carboxylic acid groups (broad SMARTS) is 1. The minimum Gasteiger partial charge on any atom is -0.550 e. The van der Waals surface area contributed by atoms with Crippen molar-refractivity contribution in [2.24, 2.45) is 0 Å². The molecule has 0 saturated carbocycles. The van der Waals surface area contributed by atoms with Gasteiger partial charge < -0.3 is 19.1 Å². The highest BCUT2D eigenvalue weighted by molar-refractivity contribution is 5.72. The summed E-state index contributed by atoms with van der Waals surface area (Å²) in [6.07, 6.45) is 15.3. The lowest BCUT2D eigenvalue weighted by molar-refractivity contribution is -0.873. The Morgan fingerprint density at radius 3 is 2.08 bits per heavy atom. The van der Waals surface area contributed by atoms with E-state index in [1.165, 1.54) is 0 Å². The van der Waals surface area contributed by atoms with E-state index < -0.39 is 18.0 Å². The van der Waals surface area contributed by atoms with Gasteiger partial charge in [0.05, 0.1) is 27.6 Å². The lowest BCUT2D eigenvalue weighted by Crippen LogP contribution is -2.45. The molecule has 1 atom stereocenters. The van der Waals surface area contributed by atoms with Crippen molar-refractivity contribution in [2.75, 3.05) is 27.7 Å². The Kier molecular flexibility index (Phi) is 12.4. The molecule has 0 N–H and O–H groups in total. The number of quaternary nitrogens is 1. The van der Waals surface area contributed by atoms with E-state index in [1.807, 2.05) is 33.3 Å². The molecular formula is C20H33NO4. The number of hydrogen-bond acceptors (Lipinski definition) is 4. The fraction of sp³-hybridized carbons (Fsp3) is 0.600. The minimum atomic E-state index is -1.21. The molecule has 0 rings (SSSR count). The van der Waals surface area contributed by atoms with Crippen LogP contribution in [0.2, 0.25) is 0 Å². The summed E-state index contributed by atoms with van der Waals surface area (Å²) in [6.45, 7) is 2.58. The first kappa shape index (κ1) is 23.1. The molecule has 0 amide bonds. The Bertz CT molecular complexity index is 473. The van der Waals surface area contributed by atoms with Crippen molar-refractivity contribution in [1.29, 1.82) is 0 Å². The molecule has 25 heavy (non-hydrogen) atoms. The van der Waals surface area contributed by atoms with Crippen LogP contribution in [0.4, 0.5) is 0 Å². The van der Waals surface area contributed by atoms with Gasteiger partial charge in [0.15, 0.2) is 6.10 Å². The Morgan fingerprint density at radius 1 is 1.00 bits per heavy atom. The van der Waals surface area contributed by atoms with Crippen LogP contribution in [0.25, 0.3) is 0 Å². The van der Waals surface area contributed by atoms with E-state index in [0.717, 1.165) is 25.7 Å². The minimum absolute atomic E-state index is 0.144. The van der Waals surface area contributed by atoms with Crippen LogP contribution in [0.5, 0.6) is 0 Å². The van der Waals surface area contributed by atoms with Gasteiger partial charge in [0.2, 0.25) is 0 Å². The lowest BCUT2D eigenvalue weighted by atomic mass is 10.2. The first-order valence-corrected chi connectivity index (χ1v) is 8.89. The highest BCUT2D eigenvalue weighted by atomic mass is 16.5. The number of carbonyl (C=O) groups excluding carboxylic acids is 2. The Morgan fingerprint density at radius 2 is 1.56 bits per heavy atom. The van der Waals surface area contributed by atoms with Crippen molar-refractivity contribution in [3.8, 4) is 0 Å². The largest absolute Gasteiger partial charge is 0.550 e. The number of rotatable bonds is 13. The van der Waals surface area contributed by atoms with Crippen LogP contribution in [0.15, 0.2) is 36.5 Å². The van der Waals surface area contributed by atoms with Gasteiger partial charge >= 0.3 is 5.97 Å². The molecule has 142 valence electrons. The molecule has 0 radical (unpaired) electrons. The van der Waals surface area contributed by atoms with Gasteiger partial charge in [-0.05, 0) is 19.3 Å². The van der Waals surface area contributed by atoms with Crippen LogP contribution in [0, 0.1) is 0 Å². The zero-order chi connectivity index (χ0) is 19.1. The number of aliphatic carboxylic acids is 1. The van der Waals surface area contributed by atoms with E-state index in [-0.39, 0.29) is 12.8 Å². The topological polar surface area (TPSA) is 66.4 Å². The molecule has 0 aromatic carbocycles. The smallest absolute Gasteiger partial charge is 0.310 e. The average molecular weight is 351 g/mol. The van der Waals surface area contributed by atoms with E-state index >= 15 is 0 Å². The molecule has 0 spiro atoms. The second kappa shape index (κ2) is 13.4. The Balaban J connectivity index is 4.12. The SMILES string of the molecule is CCC/C=C/C/C=C/C/C=C/CC(=O)OC(CC(=O)[O-])C[N+](C)(C)C. The molecule has 0 aromatic heterocycles. The number of carboxylic acids is 1. The maximum Gasteiger partial charge on any atom is 0.310 e. The Labute approximate surface area is 152 Å². The van der Waals surface area contributed by atoms with Crippen LogP contribution in [-0.2, 0) is 14.3 Å². The van der Waals surface area contributed by atoms with Gasteiger partial charge in [-0.25, -0.2) is 0 Å². The molecular weight excluding hydrogens is 318 g/mol. The molecule has 0 aliphatic carbocycles. The normalized spacial score (nSPS) is 13.8. The second-order valence-corrected chi connectivity index (χ2v) is 7.04. The standard InChI is InChI=1S/C20H33NO4/c1-5-6-7-8-9-10-11-12-13-14-15-20(24)25-18(16-19(22)23)17-21(2,3)4/h7-8,10-11,13-14,18H,5-6,9,12,15-17H2,1-4H3/b8-7+,11-10+,14-13+. The molecule has 0 aliphatic rings. The van der Waals surface area contributed by atoms with Crippen molar-refractivity contribution >= 4 is 11.9 Å². The predicted octanol–water partition coefficient (Wildman–Crippen LogP) is 2.38. The van der Waals surface area contributed by atoms with E-state index in [4.69, 9.17) is 4.74 Å². The summed E-state index contributed by atoms with van der Waals surface area (Å²) in [7, 11) is 5.75. The summed E-state index contributed by atoms with van der Waals surface area (Å²) in [5, 5.41) is 10.8. The van der Waals surface area contributed by atoms with Gasteiger partial charge in [0.25, 0.3) is 0 Å². The second-order valence-electron chi connectivity index (χ2n) is 7.04. The third-order valence-electron chi connectivity index (χ3n) is 3.23. The van der Waals surface area contributed by atoms with E-state index in [1.54, 1.807) is 6.08 Å². The van der Waals surface area contributed by atoms with Gasteiger partial charge in [-0.15, -0.1) is 0 Å². The third-order valence-corrected chi connectivity index (χ3v) is 3.23. The molecule has 0 aromatic rings. The fourth-order valence-electron chi connectivity index (χ4n) is 2.18. The number of nitrogens with zero attached hydrogens (tertiary/aromatic N) is 1. The molecule has 0 fully saturated rings. The summed E-state index contributed by atoms with van der Waals surface area (Å²) in [5.74, 6) is -1.62. The number of likely N-dealkylation sites (N-methyl/N-ethyl adjacent to an activating group) is 1. The summed E-state index contributed by atoms with van der Waals surface area (Å²) in [5.41, 5.74) is 0. The fourth-order valence-corrected chi connectivity index (χ4v) is 2.18. The monoisotopic (exact) mass is 351 g/mol. The summed E-state index contributed by atoms with van der Waals surface area (Å²) in [4.78, 5) is 22.6. The highest BCUT2D eigenvalue weighted by Crippen LogP contribution is 2.06. The third kappa shape index (κ3) is 16.8. The van der Waals surface area contributed by atoms with Crippen LogP contribution < -0.4 is 5.11 Å². The van der Waals surface area contributed by atoms with Crippen LogP contribution in [0.1, 0.15) is 45.4 Å². The summed E-state index contributed by atoms with van der Waals surface area (Å²) in [6, 6.07) is 0. The van der Waals surface area contributed by atoms with Gasteiger partial charge in [0, 0.05) is 12.4 Å². The number of ether oxygens (including phenoxy) is 1.